The number of halogens is 2. The molecule has 3 amide bonds. The van der Waals surface area contributed by atoms with Crippen LogP contribution >= 0.6 is 23.2 Å². The number of amides is 3. The molecule has 0 atom stereocenters. The summed E-state index contributed by atoms with van der Waals surface area (Å²) in [5.41, 5.74) is 10.2. The molecule has 0 saturated heterocycles. The van der Waals surface area contributed by atoms with Gasteiger partial charge in [-0.3, -0.25) is 25.2 Å². The lowest BCUT2D eigenvalue weighted by Crippen LogP contribution is -2.41. The number of fused-ring (bicyclic) bond motifs is 1. The predicted molar refractivity (Wildman–Crippen MR) is 133 cm³/mol. The molecule has 1 heterocycles. The molecule has 180 valence electrons. The van der Waals surface area contributed by atoms with Crippen LogP contribution in [0.25, 0.3) is 0 Å². The lowest BCUT2D eigenvalue weighted by atomic mass is 9.93. The summed E-state index contributed by atoms with van der Waals surface area (Å²) >= 11 is 11.9. The first-order valence-corrected chi connectivity index (χ1v) is 11.7. The standard InChI is InChI=1S/C25H22Cl2N4O4/c1-14-22-19(28-29-21(32)12-15-6-3-2-4-7-15)8-5-9-20(22)35-23(14)25(34)31-30-24(33)17-11-10-16(26)13-18(17)27/h2-4,6-7,10-11,13H,5,8-9,12H2,1H3,(H,29,32)(H,30,33)(H,31,34)/b28-19+. The van der Waals surface area contributed by atoms with Crippen molar-refractivity contribution in [1.29, 1.82) is 0 Å². The zero-order valence-electron chi connectivity index (χ0n) is 18.8. The van der Waals surface area contributed by atoms with Gasteiger partial charge in [0.2, 0.25) is 5.91 Å². The Labute approximate surface area is 211 Å². The van der Waals surface area contributed by atoms with Crippen molar-refractivity contribution in [2.45, 2.75) is 32.6 Å². The molecular formula is C25H22Cl2N4O4. The van der Waals surface area contributed by atoms with Crippen LogP contribution < -0.4 is 16.3 Å². The molecule has 35 heavy (non-hydrogen) atoms. The molecule has 8 nitrogen and oxygen atoms in total. The molecule has 0 radical (unpaired) electrons. The number of nitrogens with one attached hydrogen (secondary N) is 3. The van der Waals surface area contributed by atoms with Gasteiger partial charge in [0.15, 0.2) is 5.76 Å². The predicted octanol–water partition coefficient (Wildman–Crippen LogP) is 4.37. The molecule has 0 spiro atoms. The summed E-state index contributed by atoms with van der Waals surface area (Å²) in [5, 5.41) is 4.86. The molecule has 1 aromatic heterocycles. The number of hydrazine groups is 1. The van der Waals surface area contributed by atoms with Gasteiger partial charge in [0.1, 0.15) is 5.76 Å². The van der Waals surface area contributed by atoms with Gasteiger partial charge in [0.05, 0.1) is 22.7 Å². The van der Waals surface area contributed by atoms with Crippen molar-refractivity contribution in [3.63, 3.8) is 0 Å². The monoisotopic (exact) mass is 512 g/mol. The summed E-state index contributed by atoms with van der Waals surface area (Å²) < 4.78 is 5.81. The summed E-state index contributed by atoms with van der Waals surface area (Å²) in [6, 6.07) is 13.8. The van der Waals surface area contributed by atoms with Gasteiger partial charge in [-0.15, -0.1) is 0 Å². The van der Waals surface area contributed by atoms with Crippen molar-refractivity contribution < 1.29 is 18.8 Å². The highest BCUT2D eigenvalue weighted by Gasteiger charge is 2.28. The van der Waals surface area contributed by atoms with Crippen LogP contribution in [-0.2, 0) is 17.6 Å². The van der Waals surface area contributed by atoms with E-state index in [4.69, 9.17) is 27.6 Å². The summed E-state index contributed by atoms with van der Waals surface area (Å²) in [5.74, 6) is -0.788. The second-order valence-electron chi connectivity index (χ2n) is 8.00. The number of rotatable bonds is 5. The fourth-order valence-corrected chi connectivity index (χ4v) is 4.35. The highest BCUT2D eigenvalue weighted by Crippen LogP contribution is 2.30. The molecular weight excluding hydrogens is 491 g/mol. The quantitative estimate of drug-likeness (QED) is 0.440. The number of carbonyl (C=O) groups is 3. The maximum atomic E-state index is 12.8. The van der Waals surface area contributed by atoms with Gasteiger partial charge in [-0.2, -0.15) is 5.10 Å². The SMILES string of the molecule is Cc1c(C(=O)NNC(=O)c2ccc(Cl)cc2Cl)oc2c1/C(=N/NC(=O)Cc1ccccc1)CCC2. The number of hydrazone groups is 1. The summed E-state index contributed by atoms with van der Waals surface area (Å²) in [6.07, 6.45) is 2.24. The number of benzene rings is 2. The number of furan rings is 1. The Bertz CT molecular complexity index is 1320. The van der Waals surface area contributed by atoms with E-state index in [0.29, 0.717) is 40.5 Å². The van der Waals surface area contributed by atoms with Crippen LogP contribution in [0.5, 0.6) is 0 Å². The molecule has 0 bridgehead atoms. The van der Waals surface area contributed by atoms with Gasteiger partial charge in [0.25, 0.3) is 5.91 Å². The Balaban J connectivity index is 1.44. The third kappa shape index (κ3) is 5.72. The van der Waals surface area contributed by atoms with Crippen LogP contribution in [0.3, 0.4) is 0 Å². The molecule has 1 aliphatic rings. The van der Waals surface area contributed by atoms with E-state index in [1.165, 1.54) is 18.2 Å². The van der Waals surface area contributed by atoms with Gasteiger partial charge in [-0.1, -0.05) is 53.5 Å². The summed E-state index contributed by atoms with van der Waals surface area (Å²) in [6.45, 7) is 1.74. The van der Waals surface area contributed by atoms with Crippen molar-refractivity contribution in [2.75, 3.05) is 0 Å². The summed E-state index contributed by atoms with van der Waals surface area (Å²) in [4.78, 5) is 37.4. The Morgan fingerprint density at radius 3 is 2.49 bits per heavy atom. The topological polar surface area (TPSA) is 113 Å². The normalized spacial score (nSPS) is 13.7. The number of hydrogen-bond acceptors (Lipinski definition) is 5. The first-order chi connectivity index (χ1) is 16.8. The minimum absolute atomic E-state index is 0.0581. The van der Waals surface area contributed by atoms with E-state index in [1.807, 2.05) is 30.3 Å². The molecule has 0 unspecified atom stereocenters. The van der Waals surface area contributed by atoms with E-state index < -0.39 is 11.8 Å². The van der Waals surface area contributed by atoms with Crippen molar-refractivity contribution >= 4 is 46.6 Å². The second-order valence-corrected chi connectivity index (χ2v) is 8.84. The largest absolute Gasteiger partial charge is 0.455 e. The zero-order chi connectivity index (χ0) is 24.9. The molecule has 2 aromatic carbocycles. The van der Waals surface area contributed by atoms with Crippen LogP contribution in [0.15, 0.2) is 58.0 Å². The van der Waals surface area contributed by atoms with E-state index in [0.717, 1.165) is 12.0 Å². The summed E-state index contributed by atoms with van der Waals surface area (Å²) in [7, 11) is 0. The molecule has 4 rings (SSSR count). The average molecular weight is 513 g/mol. The zero-order valence-corrected chi connectivity index (χ0v) is 20.3. The average Bonchev–Trinajstić information content (AvgIpc) is 3.19. The van der Waals surface area contributed by atoms with Crippen LogP contribution in [-0.4, -0.2) is 23.4 Å². The molecule has 3 aromatic rings. The highest BCUT2D eigenvalue weighted by atomic mass is 35.5. The Morgan fingerprint density at radius 2 is 1.74 bits per heavy atom. The fourth-order valence-electron chi connectivity index (χ4n) is 3.86. The molecule has 10 heteroatoms. The number of hydrogen-bond donors (Lipinski definition) is 3. The van der Waals surface area contributed by atoms with E-state index in [2.05, 4.69) is 21.4 Å². The highest BCUT2D eigenvalue weighted by molar-refractivity contribution is 6.36. The fraction of sp³-hybridized carbons (Fsp3) is 0.200. The molecule has 1 aliphatic carbocycles. The third-order valence-corrected chi connectivity index (χ3v) is 6.07. The van der Waals surface area contributed by atoms with Crippen LogP contribution in [0.1, 0.15) is 56.2 Å². The molecule has 0 fully saturated rings. The van der Waals surface area contributed by atoms with Crippen molar-refractivity contribution in [3.8, 4) is 0 Å². The maximum absolute atomic E-state index is 12.8. The van der Waals surface area contributed by atoms with Crippen LogP contribution in [0, 0.1) is 6.92 Å². The first-order valence-electron chi connectivity index (χ1n) is 10.9. The number of nitrogens with zero attached hydrogens (tertiary/aromatic N) is 1. The minimum Gasteiger partial charge on any atom is -0.455 e. The van der Waals surface area contributed by atoms with E-state index in [9.17, 15) is 14.4 Å². The van der Waals surface area contributed by atoms with Crippen molar-refractivity contribution in [2.24, 2.45) is 5.10 Å². The van der Waals surface area contributed by atoms with E-state index in [-0.39, 0.29) is 28.7 Å². The van der Waals surface area contributed by atoms with E-state index in [1.54, 1.807) is 6.92 Å². The van der Waals surface area contributed by atoms with Gasteiger partial charge in [0, 0.05) is 22.6 Å². The van der Waals surface area contributed by atoms with Gasteiger partial charge in [-0.25, -0.2) is 5.43 Å². The Hall–Kier alpha value is -3.62. The Kier molecular flexibility index (Phi) is 7.53. The minimum atomic E-state index is -0.622. The lowest BCUT2D eigenvalue weighted by molar-refractivity contribution is -0.120. The van der Waals surface area contributed by atoms with Gasteiger partial charge < -0.3 is 4.42 Å². The molecule has 0 saturated carbocycles. The lowest BCUT2D eigenvalue weighted by Gasteiger charge is -2.13. The number of carbonyl (C=O) groups excluding carboxylic acids is 3. The van der Waals surface area contributed by atoms with Crippen molar-refractivity contribution in [3.05, 3.63) is 92.4 Å². The van der Waals surface area contributed by atoms with E-state index >= 15 is 0 Å². The molecule has 0 aliphatic heterocycles. The van der Waals surface area contributed by atoms with Crippen LogP contribution in [0.2, 0.25) is 10.0 Å². The van der Waals surface area contributed by atoms with Crippen LogP contribution in [0.4, 0.5) is 0 Å². The smallest absolute Gasteiger partial charge is 0.305 e. The molecule has 3 N–H and O–H groups in total. The van der Waals surface area contributed by atoms with Gasteiger partial charge >= 0.3 is 5.91 Å². The number of aryl methyl sites for hydroxylation is 1. The third-order valence-electron chi connectivity index (χ3n) is 5.52. The van der Waals surface area contributed by atoms with Gasteiger partial charge in [-0.05, 0) is 43.5 Å². The first kappa shape index (κ1) is 24.5. The second kappa shape index (κ2) is 10.8. The maximum Gasteiger partial charge on any atom is 0.305 e. The van der Waals surface area contributed by atoms with Crippen molar-refractivity contribution in [1.82, 2.24) is 16.3 Å². The Morgan fingerprint density at radius 1 is 1.00 bits per heavy atom.